The zero-order chi connectivity index (χ0) is 13.2. The van der Waals surface area contributed by atoms with Gasteiger partial charge < -0.3 is 14.2 Å². The number of ether oxygens (including phenoxy) is 3. The predicted molar refractivity (Wildman–Crippen MR) is 68.6 cm³/mol. The fraction of sp³-hybridized carbons (Fsp3) is 0.286. The molecule has 0 radical (unpaired) electrons. The molecule has 0 N–H and O–H groups in total. The van der Waals surface area contributed by atoms with Crippen LogP contribution in [-0.4, -0.2) is 24.8 Å². The predicted octanol–water partition coefficient (Wildman–Crippen LogP) is 2.28. The van der Waals surface area contributed by atoms with Gasteiger partial charge in [-0.05, 0) is 19.1 Å². The maximum atomic E-state index is 9.12. The summed E-state index contributed by atoms with van der Waals surface area (Å²) >= 11 is 0. The highest BCUT2D eigenvalue weighted by atomic mass is 16.6. The fourth-order valence-electron chi connectivity index (χ4n) is 2.02. The van der Waals surface area contributed by atoms with Crippen molar-refractivity contribution in [2.75, 3.05) is 19.8 Å². The average molecular weight is 256 g/mol. The molecule has 0 unspecified atom stereocenters. The Bertz CT molecular complexity index is 676. The number of nitrogens with zero attached hydrogens (tertiary/aromatic N) is 2. The number of rotatable bonds is 2. The molecule has 1 aliphatic heterocycles. The van der Waals surface area contributed by atoms with Gasteiger partial charge in [0.2, 0.25) is 5.88 Å². The van der Waals surface area contributed by atoms with Crippen LogP contribution in [0.15, 0.2) is 18.2 Å². The van der Waals surface area contributed by atoms with Gasteiger partial charge in [-0.2, -0.15) is 5.26 Å². The Balaban J connectivity index is 2.19. The van der Waals surface area contributed by atoms with Crippen molar-refractivity contribution in [2.24, 2.45) is 0 Å². The van der Waals surface area contributed by atoms with Crippen LogP contribution in [0.2, 0.25) is 0 Å². The molecule has 3 rings (SSSR count). The van der Waals surface area contributed by atoms with Gasteiger partial charge in [0.25, 0.3) is 0 Å². The lowest BCUT2D eigenvalue weighted by Gasteiger charge is -2.18. The maximum absolute atomic E-state index is 9.12. The SMILES string of the molecule is CCOc1nc2cc3c(cc2cc1C#N)OCCO3. The largest absolute Gasteiger partial charge is 0.486 e. The number of hydrogen-bond donors (Lipinski definition) is 0. The molecule has 1 aliphatic rings. The first kappa shape index (κ1) is 11.6. The molecule has 1 aromatic carbocycles. The van der Waals surface area contributed by atoms with Crippen molar-refractivity contribution in [3.05, 3.63) is 23.8 Å². The molecule has 5 nitrogen and oxygen atoms in total. The lowest BCUT2D eigenvalue weighted by atomic mass is 10.1. The van der Waals surface area contributed by atoms with E-state index in [2.05, 4.69) is 11.1 Å². The summed E-state index contributed by atoms with van der Waals surface area (Å²) in [5.74, 6) is 1.72. The first-order chi connectivity index (χ1) is 9.31. The molecule has 0 amide bonds. The topological polar surface area (TPSA) is 64.4 Å². The van der Waals surface area contributed by atoms with Crippen LogP contribution >= 0.6 is 0 Å². The maximum Gasteiger partial charge on any atom is 0.232 e. The Morgan fingerprint density at radius 1 is 1.26 bits per heavy atom. The van der Waals surface area contributed by atoms with Crippen molar-refractivity contribution in [1.29, 1.82) is 5.26 Å². The number of nitriles is 1. The summed E-state index contributed by atoms with van der Waals surface area (Å²) in [6.45, 7) is 3.40. The van der Waals surface area contributed by atoms with Gasteiger partial charge in [-0.15, -0.1) is 0 Å². The highest BCUT2D eigenvalue weighted by molar-refractivity contribution is 5.84. The van der Waals surface area contributed by atoms with Crippen LogP contribution in [0.25, 0.3) is 10.9 Å². The molecule has 0 saturated heterocycles. The van der Waals surface area contributed by atoms with E-state index in [1.165, 1.54) is 0 Å². The van der Waals surface area contributed by atoms with Gasteiger partial charge in [0.1, 0.15) is 24.8 Å². The molecule has 0 saturated carbocycles. The van der Waals surface area contributed by atoms with Crippen molar-refractivity contribution in [2.45, 2.75) is 6.92 Å². The second-order valence-corrected chi connectivity index (χ2v) is 4.07. The summed E-state index contributed by atoms with van der Waals surface area (Å²) in [7, 11) is 0. The van der Waals surface area contributed by atoms with E-state index in [0.29, 0.717) is 42.8 Å². The second kappa shape index (κ2) is 4.65. The first-order valence-electron chi connectivity index (χ1n) is 6.09. The number of fused-ring (bicyclic) bond motifs is 2. The summed E-state index contributed by atoms with van der Waals surface area (Å²) in [5, 5.41) is 9.95. The fourth-order valence-corrected chi connectivity index (χ4v) is 2.02. The van der Waals surface area contributed by atoms with Gasteiger partial charge in [-0.3, -0.25) is 0 Å². The molecular weight excluding hydrogens is 244 g/mol. The Hall–Kier alpha value is -2.48. The van der Waals surface area contributed by atoms with Crippen molar-refractivity contribution < 1.29 is 14.2 Å². The van der Waals surface area contributed by atoms with E-state index >= 15 is 0 Å². The van der Waals surface area contributed by atoms with Crippen LogP contribution in [0.4, 0.5) is 0 Å². The highest BCUT2D eigenvalue weighted by Gasteiger charge is 2.15. The number of hydrogen-bond acceptors (Lipinski definition) is 5. The quantitative estimate of drug-likeness (QED) is 0.824. The molecule has 0 aliphatic carbocycles. The van der Waals surface area contributed by atoms with Crippen molar-refractivity contribution in [1.82, 2.24) is 4.98 Å². The monoisotopic (exact) mass is 256 g/mol. The third-order valence-corrected chi connectivity index (χ3v) is 2.85. The standard InChI is InChI=1S/C14H12N2O3/c1-2-17-14-10(8-15)5-9-6-12-13(7-11(9)16-14)19-4-3-18-12/h5-7H,2-4H2,1H3. The highest BCUT2D eigenvalue weighted by Crippen LogP contribution is 2.35. The zero-order valence-electron chi connectivity index (χ0n) is 10.5. The summed E-state index contributed by atoms with van der Waals surface area (Å²) in [6.07, 6.45) is 0. The average Bonchev–Trinajstić information content (AvgIpc) is 2.45. The molecule has 2 aromatic rings. The molecular formula is C14H12N2O3. The Kier molecular flexibility index (Phi) is 2.84. The van der Waals surface area contributed by atoms with Crippen LogP contribution in [-0.2, 0) is 0 Å². The van der Waals surface area contributed by atoms with Crippen molar-refractivity contribution in [3.8, 4) is 23.4 Å². The van der Waals surface area contributed by atoms with Gasteiger partial charge in [0.05, 0.1) is 12.1 Å². The van der Waals surface area contributed by atoms with E-state index in [-0.39, 0.29) is 0 Å². The lowest BCUT2D eigenvalue weighted by Crippen LogP contribution is -2.15. The summed E-state index contributed by atoms with van der Waals surface area (Å²) in [6, 6.07) is 7.50. The molecule has 0 fully saturated rings. The second-order valence-electron chi connectivity index (χ2n) is 4.07. The van der Waals surface area contributed by atoms with E-state index in [4.69, 9.17) is 19.5 Å². The minimum Gasteiger partial charge on any atom is -0.486 e. The van der Waals surface area contributed by atoms with E-state index in [0.717, 1.165) is 10.9 Å². The van der Waals surface area contributed by atoms with E-state index in [1.807, 2.05) is 19.1 Å². The molecule has 96 valence electrons. The Morgan fingerprint density at radius 2 is 2.00 bits per heavy atom. The number of benzene rings is 1. The molecule has 0 spiro atoms. The lowest BCUT2D eigenvalue weighted by molar-refractivity contribution is 0.172. The minimum atomic E-state index is 0.356. The molecule has 1 aromatic heterocycles. The van der Waals surface area contributed by atoms with Crippen LogP contribution in [0.1, 0.15) is 12.5 Å². The number of aromatic nitrogens is 1. The van der Waals surface area contributed by atoms with Crippen molar-refractivity contribution in [3.63, 3.8) is 0 Å². The third-order valence-electron chi connectivity index (χ3n) is 2.85. The molecule has 0 atom stereocenters. The van der Waals surface area contributed by atoms with Crippen LogP contribution in [0, 0.1) is 11.3 Å². The minimum absolute atomic E-state index is 0.356. The van der Waals surface area contributed by atoms with E-state index in [9.17, 15) is 0 Å². The smallest absolute Gasteiger partial charge is 0.232 e. The zero-order valence-corrected chi connectivity index (χ0v) is 10.5. The van der Waals surface area contributed by atoms with Gasteiger partial charge in [-0.1, -0.05) is 0 Å². The molecule has 0 bridgehead atoms. The van der Waals surface area contributed by atoms with Gasteiger partial charge in [0.15, 0.2) is 11.5 Å². The van der Waals surface area contributed by atoms with Gasteiger partial charge in [-0.25, -0.2) is 4.98 Å². The normalized spacial score (nSPS) is 13.1. The number of pyridine rings is 1. The third kappa shape index (κ3) is 2.02. The van der Waals surface area contributed by atoms with Crippen LogP contribution in [0.5, 0.6) is 17.4 Å². The van der Waals surface area contributed by atoms with E-state index < -0.39 is 0 Å². The summed E-state index contributed by atoms with van der Waals surface area (Å²) in [5.41, 5.74) is 1.15. The van der Waals surface area contributed by atoms with Crippen LogP contribution < -0.4 is 14.2 Å². The summed E-state index contributed by atoms with van der Waals surface area (Å²) in [4.78, 5) is 4.36. The van der Waals surface area contributed by atoms with Crippen molar-refractivity contribution >= 4 is 10.9 Å². The molecule has 2 heterocycles. The molecule has 5 heteroatoms. The van der Waals surface area contributed by atoms with Gasteiger partial charge >= 0.3 is 0 Å². The Labute approximate surface area is 110 Å². The van der Waals surface area contributed by atoms with Crippen LogP contribution in [0.3, 0.4) is 0 Å². The Morgan fingerprint density at radius 3 is 2.68 bits per heavy atom. The first-order valence-corrected chi connectivity index (χ1v) is 6.09. The molecule has 19 heavy (non-hydrogen) atoms. The summed E-state index contributed by atoms with van der Waals surface area (Å²) < 4.78 is 16.4. The van der Waals surface area contributed by atoms with Gasteiger partial charge in [0, 0.05) is 11.5 Å². The van der Waals surface area contributed by atoms with E-state index in [1.54, 1.807) is 6.07 Å².